The van der Waals surface area contributed by atoms with Crippen LogP contribution in [0, 0.1) is 12.3 Å². The quantitative estimate of drug-likeness (QED) is 0.695. The van der Waals surface area contributed by atoms with E-state index in [9.17, 15) is 18.0 Å². The molecule has 0 amide bonds. The molecule has 0 aliphatic carbocycles. The lowest BCUT2D eigenvalue weighted by Crippen LogP contribution is -2.26. The molecule has 2 aromatic rings. The zero-order chi connectivity index (χ0) is 15.6. The number of hydrogen-bond acceptors (Lipinski definition) is 2. The maximum Gasteiger partial charge on any atom is 0.416 e. The lowest BCUT2D eigenvalue weighted by Gasteiger charge is -2.10. The number of aromatic nitrogens is 1. The van der Waals surface area contributed by atoms with E-state index in [-0.39, 0.29) is 23.5 Å². The summed E-state index contributed by atoms with van der Waals surface area (Å²) in [5.74, 6) is 2.19. The summed E-state index contributed by atoms with van der Waals surface area (Å²) in [6, 6.07) is 4.88. The van der Waals surface area contributed by atoms with E-state index < -0.39 is 11.7 Å². The predicted octanol–water partition coefficient (Wildman–Crippen LogP) is 2.93. The van der Waals surface area contributed by atoms with Gasteiger partial charge in [0.25, 0.3) is 0 Å². The molecule has 6 heteroatoms. The molecule has 1 aromatic heterocycles. The first-order chi connectivity index (χ1) is 9.81. The maximum atomic E-state index is 12.6. The minimum Gasteiger partial charge on any atom is -0.352 e. The average molecular weight is 294 g/mol. The summed E-state index contributed by atoms with van der Waals surface area (Å²) >= 11 is 0. The van der Waals surface area contributed by atoms with Crippen LogP contribution in [-0.4, -0.2) is 35.8 Å². The van der Waals surface area contributed by atoms with Crippen LogP contribution in [0.1, 0.15) is 16.1 Å². The molecule has 0 bridgehead atoms. The predicted molar refractivity (Wildman–Crippen MR) is 74.0 cm³/mol. The van der Waals surface area contributed by atoms with Crippen LogP contribution in [0.4, 0.5) is 13.2 Å². The summed E-state index contributed by atoms with van der Waals surface area (Å²) in [6.45, 7) is 0.424. The van der Waals surface area contributed by atoms with Gasteiger partial charge in [0, 0.05) is 10.9 Å². The Hall–Kier alpha value is -2.26. The Bertz CT molecular complexity index is 710. The molecule has 1 N–H and O–H groups in total. The van der Waals surface area contributed by atoms with Crippen molar-refractivity contribution in [3.63, 3.8) is 0 Å². The van der Waals surface area contributed by atoms with Crippen molar-refractivity contribution in [3.8, 4) is 12.3 Å². The molecule has 0 spiro atoms. The number of ketones is 1. The van der Waals surface area contributed by atoms with E-state index in [1.54, 1.807) is 18.0 Å². The van der Waals surface area contributed by atoms with Crippen molar-refractivity contribution in [3.05, 3.63) is 35.5 Å². The Morgan fingerprint density at radius 1 is 1.38 bits per heavy atom. The summed E-state index contributed by atoms with van der Waals surface area (Å²) in [5, 5.41) is 0.561. The van der Waals surface area contributed by atoms with Crippen molar-refractivity contribution in [2.24, 2.45) is 0 Å². The van der Waals surface area contributed by atoms with E-state index in [2.05, 4.69) is 10.9 Å². The minimum absolute atomic E-state index is 0.100. The number of hydrogen-bond donors (Lipinski definition) is 1. The van der Waals surface area contributed by atoms with Crippen LogP contribution in [0.15, 0.2) is 24.3 Å². The number of carbonyl (C=O) groups excluding carboxylic acids is 1. The van der Waals surface area contributed by atoms with Crippen LogP contribution in [0.3, 0.4) is 0 Å². The highest BCUT2D eigenvalue weighted by molar-refractivity contribution is 6.00. The van der Waals surface area contributed by atoms with Crippen LogP contribution in [0.25, 0.3) is 10.9 Å². The van der Waals surface area contributed by atoms with Crippen molar-refractivity contribution < 1.29 is 18.0 Å². The van der Waals surface area contributed by atoms with Crippen LogP contribution in [0.5, 0.6) is 0 Å². The lowest BCUT2D eigenvalue weighted by atomic mass is 10.1. The molecule has 110 valence electrons. The number of nitrogens with one attached hydrogen (secondary N) is 1. The fourth-order valence-electron chi connectivity index (χ4n) is 2.00. The Morgan fingerprint density at radius 3 is 2.71 bits per heavy atom. The smallest absolute Gasteiger partial charge is 0.352 e. The second-order valence-corrected chi connectivity index (χ2v) is 4.78. The number of rotatable bonds is 4. The van der Waals surface area contributed by atoms with E-state index in [0.29, 0.717) is 11.9 Å². The van der Waals surface area contributed by atoms with Gasteiger partial charge in [-0.15, -0.1) is 6.42 Å². The summed E-state index contributed by atoms with van der Waals surface area (Å²) in [7, 11) is 1.70. The molecule has 0 aliphatic rings. The SMILES string of the molecule is C#CCN(C)CC(=O)c1cc2ccc(C(F)(F)F)cc2[nH]1. The molecular formula is C15H13F3N2O. The highest BCUT2D eigenvalue weighted by Crippen LogP contribution is 2.31. The number of carbonyl (C=O) groups is 1. The Balaban J connectivity index is 2.27. The number of aromatic amines is 1. The molecule has 0 radical (unpaired) electrons. The number of nitrogens with zero attached hydrogens (tertiary/aromatic N) is 1. The molecule has 21 heavy (non-hydrogen) atoms. The van der Waals surface area contributed by atoms with Gasteiger partial charge in [-0.2, -0.15) is 13.2 Å². The summed E-state index contributed by atoms with van der Waals surface area (Å²) in [6.07, 6.45) is 0.739. The fraction of sp³-hybridized carbons (Fsp3) is 0.267. The number of Topliss-reactive ketones (excluding diaryl/α,β-unsaturated/α-hetero) is 1. The van der Waals surface area contributed by atoms with Crippen LogP contribution in [-0.2, 0) is 6.18 Å². The molecule has 0 saturated carbocycles. The number of fused-ring (bicyclic) bond motifs is 1. The summed E-state index contributed by atoms with van der Waals surface area (Å²) < 4.78 is 37.9. The third kappa shape index (κ3) is 3.44. The Labute approximate surface area is 119 Å². The van der Waals surface area contributed by atoms with Gasteiger partial charge in [0.05, 0.1) is 24.3 Å². The first-order valence-electron chi connectivity index (χ1n) is 6.16. The third-order valence-corrected chi connectivity index (χ3v) is 3.02. The molecule has 0 saturated heterocycles. The molecular weight excluding hydrogens is 281 g/mol. The number of likely N-dealkylation sites (N-methyl/N-ethyl adjacent to an activating group) is 1. The zero-order valence-electron chi connectivity index (χ0n) is 11.3. The van der Waals surface area contributed by atoms with Gasteiger partial charge >= 0.3 is 6.18 Å². The Kier molecular flexibility index (Phi) is 4.05. The Morgan fingerprint density at radius 2 is 2.10 bits per heavy atom. The van der Waals surface area contributed by atoms with Crippen molar-refractivity contribution in [1.82, 2.24) is 9.88 Å². The van der Waals surface area contributed by atoms with Crippen molar-refractivity contribution >= 4 is 16.7 Å². The van der Waals surface area contributed by atoms with Crippen LogP contribution >= 0.6 is 0 Å². The monoisotopic (exact) mass is 294 g/mol. The van der Waals surface area contributed by atoms with E-state index >= 15 is 0 Å². The van der Waals surface area contributed by atoms with Gasteiger partial charge in [-0.25, -0.2) is 0 Å². The maximum absolute atomic E-state index is 12.6. The first kappa shape index (κ1) is 15.1. The number of halogens is 3. The van der Waals surface area contributed by atoms with Crippen LogP contribution in [0.2, 0.25) is 0 Å². The van der Waals surface area contributed by atoms with Crippen molar-refractivity contribution in [2.45, 2.75) is 6.18 Å². The molecule has 0 unspecified atom stereocenters. The van der Waals surface area contributed by atoms with Gasteiger partial charge in [-0.1, -0.05) is 12.0 Å². The molecule has 3 nitrogen and oxygen atoms in total. The summed E-state index contributed by atoms with van der Waals surface area (Å²) in [5.41, 5.74) is -0.193. The van der Waals surface area contributed by atoms with Gasteiger partial charge in [-0.05, 0) is 25.2 Å². The highest BCUT2D eigenvalue weighted by Gasteiger charge is 2.30. The largest absolute Gasteiger partial charge is 0.416 e. The van der Waals surface area contributed by atoms with Gasteiger partial charge in [0.15, 0.2) is 5.78 Å². The fourth-order valence-corrected chi connectivity index (χ4v) is 2.00. The van der Waals surface area contributed by atoms with E-state index in [0.717, 1.165) is 12.1 Å². The minimum atomic E-state index is -4.41. The zero-order valence-corrected chi connectivity index (χ0v) is 11.3. The molecule has 0 fully saturated rings. The van der Waals surface area contributed by atoms with Gasteiger partial charge in [0.1, 0.15) is 0 Å². The molecule has 2 rings (SSSR count). The molecule has 0 aliphatic heterocycles. The average Bonchev–Trinajstić information content (AvgIpc) is 2.80. The second-order valence-electron chi connectivity index (χ2n) is 4.78. The normalized spacial score (nSPS) is 11.8. The van der Waals surface area contributed by atoms with Gasteiger partial charge in [-0.3, -0.25) is 9.69 Å². The van der Waals surface area contributed by atoms with Crippen LogP contribution < -0.4 is 0 Å². The lowest BCUT2D eigenvalue weighted by molar-refractivity contribution is -0.137. The number of alkyl halides is 3. The first-order valence-corrected chi connectivity index (χ1v) is 6.16. The third-order valence-electron chi connectivity index (χ3n) is 3.02. The topological polar surface area (TPSA) is 36.1 Å². The van der Waals surface area contributed by atoms with Gasteiger partial charge in [0.2, 0.25) is 0 Å². The molecule has 1 aromatic carbocycles. The summed E-state index contributed by atoms with van der Waals surface area (Å²) in [4.78, 5) is 16.4. The van der Waals surface area contributed by atoms with E-state index in [4.69, 9.17) is 6.42 Å². The number of H-pyrrole nitrogens is 1. The van der Waals surface area contributed by atoms with E-state index in [1.165, 1.54) is 6.07 Å². The van der Waals surface area contributed by atoms with Crippen molar-refractivity contribution in [2.75, 3.05) is 20.1 Å². The van der Waals surface area contributed by atoms with Gasteiger partial charge < -0.3 is 4.98 Å². The number of benzene rings is 1. The standard InChI is InChI=1S/C15H13F3N2O/c1-3-6-20(2)9-14(21)13-7-10-4-5-11(15(16,17)18)8-12(10)19-13/h1,4-5,7-8,19H,6,9H2,2H3. The molecule has 1 heterocycles. The molecule has 0 atom stereocenters. The van der Waals surface area contributed by atoms with E-state index in [1.807, 2.05) is 0 Å². The highest BCUT2D eigenvalue weighted by atomic mass is 19.4. The second kappa shape index (κ2) is 5.62. The number of terminal acetylenes is 1. The van der Waals surface area contributed by atoms with Crippen molar-refractivity contribution in [1.29, 1.82) is 0 Å².